The summed E-state index contributed by atoms with van der Waals surface area (Å²) < 4.78 is 37.0. The van der Waals surface area contributed by atoms with Crippen molar-refractivity contribution in [2.75, 3.05) is 31.6 Å². The van der Waals surface area contributed by atoms with Crippen molar-refractivity contribution < 1.29 is 22.7 Å². The first-order chi connectivity index (χ1) is 12.6. The number of amides is 1. The van der Waals surface area contributed by atoms with E-state index in [2.05, 4.69) is 5.32 Å². The average Bonchev–Trinajstić information content (AvgIpc) is 3.25. The molecule has 1 saturated carbocycles. The summed E-state index contributed by atoms with van der Waals surface area (Å²) in [5.41, 5.74) is 0.277. The van der Waals surface area contributed by atoms with Crippen molar-refractivity contribution in [3.8, 4) is 5.75 Å². The van der Waals surface area contributed by atoms with Crippen molar-refractivity contribution >= 4 is 44.8 Å². The highest BCUT2D eigenvalue weighted by Crippen LogP contribution is 2.53. The Morgan fingerprint density at radius 3 is 2.52 bits per heavy atom. The zero-order chi connectivity index (χ0) is 19.8. The van der Waals surface area contributed by atoms with Crippen LogP contribution in [-0.2, 0) is 19.6 Å². The molecule has 0 bridgehead atoms. The molecule has 150 valence electrons. The molecule has 1 aromatic rings. The van der Waals surface area contributed by atoms with Gasteiger partial charge in [-0.05, 0) is 38.5 Å². The van der Waals surface area contributed by atoms with Gasteiger partial charge in [0.2, 0.25) is 15.9 Å². The predicted octanol–water partition coefficient (Wildman–Crippen LogP) is 2.63. The Balaban J connectivity index is 1.89. The molecule has 1 aromatic carbocycles. The molecule has 1 N–H and O–H groups in total. The van der Waals surface area contributed by atoms with Gasteiger partial charge in [-0.3, -0.25) is 4.79 Å². The Kier molecular flexibility index (Phi) is 5.93. The van der Waals surface area contributed by atoms with E-state index in [0.717, 1.165) is 0 Å². The lowest BCUT2D eigenvalue weighted by Crippen LogP contribution is -2.40. The minimum atomic E-state index is -3.70. The Morgan fingerprint density at radius 2 is 1.96 bits per heavy atom. The van der Waals surface area contributed by atoms with Crippen LogP contribution in [0.25, 0.3) is 0 Å². The quantitative estimate of drug-likeness (QED) is 0.692. The van der Waals surface area contributed by atoms with Crippen molar-refractivity contribution in [1.29, 1.82) is 0 Å². The average molecular weight is 437 g/mol. The standard InChI is InChI=1S/C17H22Cl2N2O5S/c1-11(2)26-15-4-3-12(27(23,24)21-5-7-25-8-6-21)9-14(15)20-16(22)13-10-17(13,18)19/h3-4,9,11,13H,5-8,10H2,1-2H3,(H,20,22). The van der Waals surface area contributed by atoms with E-state index in [1.54, 1.807) is 6.07 Å². The lowest BCUT2D eigenvalue weighted by atomic mass is 10.2. The maximum Gasteiger partial charge on any atom is 0.243 e. The molecule has 2 aliphatic rings. The van der Waals surface area contributed by atoms with Gasteiger partial charge in [0, 0.05) is 13.1 Å². The largest absolute Gasteiger partial charge is 0.489 e. The molecule has 1 unspecified atom stereocenters. The van der Waals surface area contributed by atoms with Crippen LogP contribution in [0.5, 0.6) is 5.75 Å². The molecule has 1 amide bonds. The van der Waals surface area contributed by atoms with Crippen LogP contribution >= 0.6 is 23.2 Å². The fourth-order valence-electron chi connectivity index (χ4n) is 2.78. The zero-order valence-corrected chi connectivity index (χ0v) is 17.4. The number of nitrogens with zero attached hydrogens (tertiary/aromatic N) is 1. The third kappa shape index (κ3) is 4.68. The lowest BCUT2D eigenvalue weighted by molar-refractivity contribution is -0.117. The van der Waals surface area contributed by atoms with Crippen molar-refractivity contribution in [2.24, 2.45) is 5.92 Å². The van der Waals surface area contributed by atoms with Crippen LogP contribution in [0.15, 0.2) is 23.1 Å². The third-order valence-electron chi connectivity index (χ3n) is 4.32. The summed E-state index contributed by atoms with van der Waals surface area (Å²) in [5.74, 6) is -0.517. The van der Waals surface area contributed by atoms with Crippen LogP contribution in [0, 0.1) is 5.92 Å². The van der Waals surface area contributed by atoms with Crippen molar-refractivity contribution in [3.05, 3.63) is 18.2 Å². The number of carbonyl (C=O) groups is 1. The second kappa shape index (κ2) is 7.75. The highest BCUT2D eigenvalue weighted by atomic mass is 35.5. The molecule has 1 aliphatic heterocycles. The number of halogens is 2. The lowest BCUT2D eigenvalue weighted by Gasteiger charge is -2.26. The van der Waals surface area contributed by atoms with E-state index in [0.29, 0.717) is 25.4 Å². The van der Waals surface area contributed by atoms with Crippen LogP contribution in [-0.4, -0.2) is 55.4 Å². The van der Waals surface area contributed by atoms with Gasteiger partial charge >= 0.3 is 0 Å². The molecular weight excluding hydrogens is 415 g/mol. The van der Waals surface area contributed by atoms with Crippen LogP contribution in [0.3, 0.4) is 0 Å². The van der Waals surface area contributed by atoms with Crippen molar-refractivity contribution in [3.63, 3.8) is 0 Å². The fraction of sp³-hybridized carbons (Fsp3) is 0.588. The number of hydrogen-bond acceptors (Lipinski definition) is 5. The van der Waals surface area contributed by atoms with Crippen LogP contribution < -0.4 is 10.1 Å². The van der Waals surface area contributed by atoms with E-state index in [4.69, 9.17) is 32.7 Å². The molecule has 1 aliphatic carbocycles. The second-order valence-electron chi connectivity index (χ2n) is 6.85. The molecule has 7 nitrogen and oxygen atoms in total. The Bertz CT molecular complexity index is 823. The molecule has 27 heavy (non-hydrogen) atoms. The molecule has 1 saturated heterocycles. The number of nitrogens with one attached hydrogen (secondary N) is 1. The fourth-order valence-corrected chi connectivity index (χ4v) is 4.72. The summed E-state index contributed by atoms with van der Waals surface area (Å²) in [6.45, 7) is 4.97. The van der Waals surface area contributed by atoms with Gasteiger partial charge in [-0.1, -0.05) is 0 Å². The summed E-state index contributed by atoms with van der Waals surface area (Å²) in [6.07, 6.45) is 0.206. The summed E-state index contributed by atoms with van der Waals surface area (Å²) in [5, 5.41) is 2.71. The summed E-state index contributed by atoms with van der Waals surface area (Å²) in [4.78, 5) is 12.5. The van der Waals surface area contributed by atoms with E-state index in [1.165, 1.54) is 16.4 Å². The smallest absolute Gasteiger partial charge is 0.243 e. The SMILES string of the molecule is CC(C)Oc1ccc(S(=O)(=O)N2CCOCC2)cc1NC(=O)C1CC1(Cl)Cl. The monoisotopic (exact) mass is 436 g/mol. The van der Waals surface area contributed by atoms with E-state index >= 15 is 0 Å². The van der Waals surface area contributed by atoms with Gasteiger partial charge in [0.1, 0.15) is 10.1 Å². The third-order valence-corrected chi connectivity index (χ3v) is 7.05. The molecule has 0 spiro atoms. The minimum Gasteiger partial charge on any atom is -0.489 e. The van der Waals surface area contributed by atoms with E-state index in [-0.39, 0.29) is 35.7 Å². The predicted molar refractivity (Wildman–Crippen MR) is 103 cm³/mol. The van der Waals surface area contributed by atoms with Gasteiger partial charge in [-0.2, -0.15) is 4.31 Å². The Hall–Kier alpha value is -1.06. The molecule has 1 atom stereocenters. The molecule has 0 aromatic heterocycles. The van der Waals surface area contributed by atoms with E-state index in [9.17, 15) is 13.2 Å². The van der Waals surface area contributed by atoms with Crippen LogP contribution in [0.1, 0.15) is 20.3 Å². The number of anilines is 1. The summed E-state index contributed by atoms with van der Waals surface area (Å²) in [6, 6.07) is 4.43. The highest BCUT2D eigenvalue weighted by molar-refractivity contribution is 7.89. The minimum absolute atomic E-state index is 0.0783. The molecule has 0 radical (unpaired) electrons. The molecule has 3 rings (SSSR count). The summed E-state index contributed by atoms with van der Waals surface area (Å²) in [7, 11) is -3.70. The van der Waals surface area contributed by atoms with Crippen molar-refractivity contribution in [2.45, 2.75) is 35.6 Å². The number of morpholine rings is 1. The first kappa shape index (κ1) is 20.7. The number of benzene rings is 1. The molecule has 10 heteroatoms. The normalized spacial score (nSPS) is 22.5. The Labute approximate surface area is 168 Å². The first-order valence-electron chi connectivity index (χ1n) is 8.68. The van der Waals surface area contributed by atoms with Crippen molar-refractivity contribution in [1.82, 2.24) is 4.31 Å². The van der Waals surface area contributed by atoms with Gasteiger partial charge in [-0.15, -0.1) is 23.2 Å². The van der Waals surface area contributed by atoms with E-state index in [1.807, 2.05) is 13.8 Å². The number of ether oxygens (including phenoxy) is 2. The first-order valence-corrected chi connectivity index (χ1v) is 10.9. The number of hydrogen-bond donors (Lipinski definition) is 1. The molecular formula is C17H22Cl2N2O5S. The number of rotatable bonds is 6. The maximum atomic E-state index is 12.9. The van der Waals surface area contributed by atoms with Gasteiger partial charge < -0.3 is 14.8 Å². The van der Waals surface area contributed by atoms with Gasteiger partial charge in [-0.25, -0.2) is 8.42 Å². The van der Waals surface area contributed by atoms with Gasteiger partial charge in [0.25, 0.3) is 0 Å². The maximum absolute atomic E-state index is 12.9. The molecule has 1 heterocycles. The van der Waals surface area contributed by atoms with Crippen LogP contribution in [0.2, 0.25) is 0 Å². The topological polar surface area (TPSA) is 84.9 Å². The second-order valence-corrected chi connectivity index (χ2v) is 10.3. The van der Waals surface area contributed by atoms with Gasteiger partial charge in [0.15, 0.2) is 0 Å². The van der Waals surface area contributed by atoms with E-state index < -0.39 is 20.3 Å². The number of alkyl halides is 2. The summed E-state index contributed by atoms with van der Waals surface area (Å²) >= 11 is 11.9. The zero-order valence-electron chi connectivity index (χ0n) is 15.1. The molecule has 2 fully saturated rings. The Morgan fingerprint density at radius 1 is 1.33 bits per heavy atom. The number of carbonyl (C=O) groups excluding carboxylic acids is 1. The number of sulfonamides is 1. The highest BCUT2D eigenvalue weighted by Gasteiger charge is 2.56. The van der Waals surface area contributed by atoms with Gasteiger partial charge in [0.05, 0.1) is 35.8 Å². The van der Waals surface area contributed by atoms with Crippen LogP contribution in [0.4, 0.5) is 5.69 Å².